The molecule has 0 spiro atoms. The van der Waals surface area contributed by atoms with E-state index in [2.05, 4.69) is 39.1 Å². The number of rotatable bonds is 5. The lowest BCUT2D eigenvalue weighted by Gasteiger charge is -2.17. The summed E-state index contributed by atoms with van der Waals surface area (Å²) in [6.45, 7) is 10.3. The third kappa shape index (κ3) is 3.17. The van der Waals surface area contributed by atoms with E-state index in [1.54, 1.807) is 18.5 Å². The van der Waals surface area contributed by atoms with E-state index in [0.717, 1.165) is 24.5 Å². The number of nitrogens with one attached hydrogen (secondary N) is 1. The summed E-state index contributed by atoms with van der Waals surface area (Å²) in [5.41, 5.74) is 3.22. The minimum Gasteiger partial charge on any atom is -0.316 e. The molecule has 0 radical (unpaired) electrons. The Labute approximate surface area is 119 Å². The zero-order valence-corrected chi connectivity index (χ0v) is 12.5. The molecule has 106 valence electrons. The SMILES string of the molecule is CCNCC(C)c1c(C)nc(-c2ncccn2)nc1C. The smallest absolute Gasteiger partial charge is 0.198 e. The molecule has 2 aromatic rings. The van der Waals surface area contributed by atoms with Crippen LogP contribution in [-0.2, 0) is 0 Å². The van der Waals surface area contributed by atoms with Crippen molar-refractivity contribution in [3.8, 4) is 11.6 Å². The van der Waals surface area contributed by atoms with Crippen molar-refractivity contribution in [2.24, 2.45) is 0 Å². The van der Waals surface area contributed by atoms with Gasteiger partial charge in [-0.15, -0.1) is 0 Å². The van der Waals surface area contributed by atoms with Crippen LogP contribution in [0.25, 0.3) is 11.6 Å². The molecule has 0 aliphatic carbocycles. The van der Waals surface area contributed by atoms with Gasteiger partial charge in [0.05, 0.1) is 0 Å². The van der Waals surface area contributed by atoms with Crippen LogP contribution >= 0.6 is 0 Å². The molecule has 1 atom stereocenters. The third-order valence-electron chi connectivity index (χ3n) is 3.29. The summed E-state index contributed by atoms with van der Waals surface area (Å²) in [6.07, 6.45) is 3.41. The summed E-state index contributed by atoms with van der Waals surface area (Å²) < 4.78 is 0. The molecule has 2 heterocycles. The molecular formula is C15H21N5. The first-order chi connectivity index (χ1) is 9.63. The Kier molecular flexibility index (Phi) is 4.74. The zero-order chi connectivity index (χ0) is 14.5. The van der Waals surface area contributed by atoms with Gasteiger partial charge < -0.3 is 5.32 Å². The molecule has 0 aliphatic heterocycles. The minimum atomic E-state index is 0.390. The van der Waals surface area contributed by atoms with E-state index in [1.165, 1.54) is 5.56 Å². The quantitative estimate of drug-likeness (QED) is 0.903. The highest BCUT2D eigenvalue weighted by Crippen LogP contribution is 2.22. The second-order valence-electron chi connectivity index (χ2n) is 4.91. The van der Waals surface area contributed by atoms with Crippen molar-refractivity contribution in [2.75, 3.05) is 13.1 Å². The maximum absolute atomic E-state index is 4.57. The molecule has 2 aromatic heterocycles. The first-order valence-electron chi connectivity index (χ1n) is 6.96. The van der Waals surface area contributed by atoms with Crippen molar-refractivity contribution in [1.29, 1.82) is 0 Å². The molecule has 0 fully saturated rings. The summed E-state index contributed by atoms with van der Waals surface area (Å²) in [7, 11) is 0. The Morgan fingerprint density at radius 1 is 1.05 bits per heavy atom. The zero-order valence-electron chi connectivity index (χ0n) is 12.5. The van der Waals surface area contributed by atoms with Crippen molar-refractivity contribution in [2.45, 2.75) is 33.6 Å². The summed E-state index contributed by atoms with van der Waals surface area (Å²) in [5, 5.41) is 3.37. The van der Waals surface area contributed by atoms with Crippen LogP contribution in [-0.4, -0.2) is 33.0 Å². The van der Waals surface area contributed by atoms with Gasteiger partial charge in [0.2, 0.25) is 0 Å². The molecule has 20 heavy (non-hydrogen) atoms. The van der Waals surface area contributed by atoms with E-state index in [1.807, 2.05) is 13.8 Å². The number of hydrogen-bond acceptors (Lipinski definition) is 5. The number of likely N-dealkylation sites (N-methyl/N-ethyl adjacent to an activating group) is 1. The van der Waals surface area contributed by atoms with Crippen LogP contribution < -0.4 is 5.32 Å². The monoisotopic (exact) mass is 271 g/mol. The van der Waals surface area contributed by atoms with Crippen LogP contribution in [0.3, 0.4) is 0 Å². The van der Waals surface area contributed by atoms with Crippen LogP contribution in [0.2, 0.25) is 0 Å². The molecular weight excluding hydrogens is 250 g/mol. The van der Waals surface area contributed by atoms with Gasteiger partial charge in [-0.3, -0.25) is 0 Å². The Balaban J connectivity index is 2.34. The number of nitrogens with zero attached hydrogens (tertiary/aromatic N) is 4. The van der Waals surface area contributed by atoms with Gasteiger partial charge in [-0.1, -0.05) is 13.8 Å². The molecule has 1 unspecified atom stereocenters. The first kappa shape index (κ1) is 14.5. The van der Waals surface area contributed by atoms with E-state index in [-0.39, 0.29) is 0 Å². The van der Waals surface area contributed by atoms with Crippen LogP contribution in [0.1, 0.15) is 36.7 Å². The van der Waals surface area contributed by atoms with E-state index < -0.39 is 0 Å². The Morgan fingerprint density at radius 3 is 2.20 bits per heavy atom. The van der Waals surface area contributed by atoms with Crippen LogP contribution in [0, 0.1) is 13.8 Å². The van der Waals surface area contributed by atoms with E-state index >= 15 is 0 Å². The standard InChI is InChI=1S/C15H21N5/c1-5-16-9-10(2)13-11(3)19-15(20-12(13)4)14-17-7-6-8-18-14/h6-8,10,16H,5,9H2,1-4H3. The van der Waals surface area contributed by atoms with Gasteiger partial charge in [0.25, 0.3) is 0 Å². The maximum Gasteiger partial charge on any atom is 0.198 e. The minimum absolute atomic E-state index is 0.390. The second kappa shape index (κ2) is 6.52. The summed E-state index contributed by atoms with van der Waals surface area (Å²) >= 11 is 0. The highest BCUT2D eigenvalue weighted by atomic mass is 15.0. The Morgan fingerprint density at radius 2 is 1.65 bits per heavy atom. The van der Waals surface area contributed by atoms with Crippen molar-refractivity contribution >= 4 is 0 Å². The lowest BCUT2D eigenvalue weighted by atomic mass is 9.98. The lowest BCUT2D eigenvalue weighted by Crippen LogP contribution is -2.21. The Hall–Kier alpha value is -1.88. The topological polar surface area (TPSA) is 63.6 Å². The van der Waals surface area contributed by atoms with Gasteiger partial charge >= 0.3 is 0 Å². The van der Waals surface area contributed by atoms with Crippen molar-refractivity contribution in [3.05, 3.63) is 35.4 Å². The highest BCUT2D eigenvalue weighted by molar-refractivity contribution is 5.45. The van der Waals surface area contributed by atoms with E-state index in [0.29, 0.717) is 17.6 Å². The summed E-state index contributed by atoms with van der Waals surface area (Å²) in [6, 6.07) is 1.79. The van der Waals surface area contributed by atoms with Gasteiger partial charge in [0.1, 0.15) is 0 Å². The third-order valence-corrected chi connectivity index (χ3v) is 3.29. The lowest BCUT2D eigenvalue weighted by molar-refractivity contribution is 0.624. The van der Waals surface area contributed by atoms with Gasteiger partial charge in [-0.2, -0.15) is 0 Å². The van der Waals surface area contributed by atoms with Crippen LogP contribution in [0.15, 0.2) is 18.5 Å². The Bertz CT molecular complexity index is 545. The number of hydrogen-bond donors (Lipinski definition) is 1. The summed E-state index contributed by atoms with van der Waals surface area (Å²) in [5.74, 6) is 1.56. The molecule has 5 heteroatoms. The fourth-order valence-electron chi connectivity index (χ4n) is 2.42. The predicted molar refractivity (Wildman–Crippen MR) is 79.5 cm³/mol. The second-order valence-corrected chi connectivity index (χ2v) is 4.91. The first-order valence-corrected chi connectivity index (χ1v) is 6.96. The van der Waals surface area contributed by atoms with Crippen LogP contribution in [0.4, 0.5) is 0 Å². The van der Waals surface area contributed by atoms with E-state index in [4.69, 9.17) is 0 Å². The highest BCUT2D eigenvalue weighted by Gasteiger charge is 2.16. The largest absolute Gasteiger partial charge is 0.316 e. The molecule has 0 saturated carbocycles. The molecule has 0 saturated heterocycles. The predicted octanol–water partition coefficient (Wildman–Crippen LogP) is 2.26. The fourth-order valence-corrected chi connectivity index (χ4v) is 2.42. The van der Waals surface area contributed by atoms with Crippen molar-refractivity contribution in [3.63, 3.8) is 0 Å². The fraction of sp³-hybridized carbons (Fsp3) is 0.467. The maximum atomic E-state index is 4.57. The van der Waals surface area contributed by atoms with Crippen molar-refractivity contribution in [1.82, 2.24) is 25.3 Å². The molecule has 1 N–H and O–H groups in total. The van der Waals surface area contributed by atoms with Gasteiger partial charge in [0, 0.05) is 30.3 Å². The normalized spacial score (nSPS) is 12.4. The van der Waals surface area contributed by atoms with Crippen LogP contribution in [0.5, 0.6) is 0 Å². The number of aryl methyl sites for hydroxylation is 2. The molecule has 0 amide bonds. The number of aromatic nitrogens is 4. The van der Waals surface area contributed by atoms with Gasteiger partial charge in [0.15, 0.2) is 11.6 Å². The molecule has 5 nitrogen and oxygen atoms in total. The van der Waals surface area contributed by atoms with Gasteiger partial charge in [-0.25, -0.2) is 19.9 Å². The summed E-state index contributed by atoms with van der Waals surface area (Å²) in [4.78, 5) is 17.6. The molecule has 0 aliphatic rings. The molecule has 0 bridgehead atoms. The average molecular weight is 271 g/mol. The van der Waals surface area contributed by atoms with Gasteiger partial charge in [-0.05, 0) is 37.9 Å². The average Bonchev–Trinajstić information content (AvgIpc) is 2.45. The van der Waals surface area contributed by atoms with Crippen molar-refractivity contribution < 1.29 is 0 Å². The molecule has 0 aromatic carbocycles. The van der Waals surface area contributed by atoms with E-state index in [9.17, 15) is 0 Å². The molecule has 2 rings (SSSR count).